The number of ether oxygens (including phenoxy) is 1. The molecule has 5 heteroatoms. The van der Waals surface area contributed by atoms with Crippen LogP contribution >= 0.6 is 0 Å². The number of piperidine rings is 1. The first-order valence-electron chi connectivity index (χ1n) is 8.99. The number of nitrogens with one attached hydrogen (secondary N) is 2. The Morgan fingerprint density at radius 1 is 1.25 bits per heavy atom. The average molecular weight is 327 g/mol. The zero-order valence-corrected chi connectivity index (χ0v) is 14.0. The van der Waals surface area contributed by atoms with E-state index in [2.05, 4.69) is 15.2 Å². The molecule has 5 nitrogen and oxygen atoms in total. The van der Waals surface area contributed by atoms with Crippen molar-refractivity contribution in [1.82, 2.24) is 15.2 Å². The van der Waals surface area contributed by atoms with E-state index < -0.39 is 0 Å². The summed E-state index contributed by atoms with van der Waals surface area (Å²) in [4.78, 5) is 17.0. The Balaban J connectivity index is 1.41. The lowest BCUT2D eigenvalue weighted by atomic mass is 10.0. The van der Waals surface area contributed by atoms with Gasteiger partial charge in [0.15, 0.2) is 0 Å². The highest BCUT2D eigenvalue weighted by molar-refractivity contribution is 5.82. The number of benzene rings is 1. The fourth-order valence-electron chi connectivity index (χ4n) is 3.95. The summed E-state index contributed by atoms with van der Waals surface area (Å²) in [5.74, 6) is 1.65. The second-order valence-corrected chi connectivity index (χ2v) is 7.06. The fraction of sp³-hybridized carbons (Fsp3) is 0.526. The van der Waals surface area contributed by atoms with Gasteiger partial charge in [0.2, 0.25) is 0 Å². The van der Waals surface area contributed by atoms with Crippen molar-refractivity contribution in [3.63, 3.8) is 0 Å². The lowest BCUT2D eigenvalue weighted by molar-refractivity contribution is 0.0803. The van der Waals surface area contributed by atoms with Crippen molar-refractivity contribution in [2.45, 2.75) is 25.4 Å². The van der Waals surface area contributed by atoms with Crippen LogP contribution in [0.2, 0.25) is 0 Å². The summed E-state index contributed by atoms with van der Waals surface area (Å²) in [6.07, 6.45) is 5.52. The Labute approximate surface area is 142 Å². The third-order valence-electron chi connectivity index (χ3n) is 5.19. The molecule has 0 amide bonds. The SMILES string of the molecule is O=c1[nH]ccc2cc(OC3CCCN(CC4CCNC4)C3)ccc12. The van der Waals surface area contributed by atoms with Crippen LogP contribution in [0.1, 0.15) is 19.3 Å². The zero-order valence-electron chi connectivity index (χ0n) is 14.0. The van der Waals surface area contributed by atoms with Crippen LogP contribution in [0.3, 0.4) is 0 Å². The van der Waals surface area contributed by atoms with E-state index in [0.717, 1.165) is 43.1 Å². The number of pyridine rings is 1. The van der Waals surface area contributed by atoms with Crippen LogP contribution < -0.4 is 15.6 Å². The summed E-state index contributed by atoms with van der Waals surface area (Å²) in [5, 5.41) is 5.09. The molecular weight excluding hydrogens is 302 g/mol. The number of hydrogen-bond acceptors (Lipinski definition) is 4. The normalized spacial score (nSPS) is 25.2. The van der Waals surface area contributed by atoms with E-state index in [4.69, 9.17) is 4.74 Å². The van der Waals surface area contributed by atoms with Crippen molar-refractivity contribution in [3.8, 4) is 5.75 Å². The highest BCUT2D eigenvalue weighted by Crippen LogP contribution is 2.23. The van der Waals surface area contributed by atoms with E-state index in [1.807, 2.05) is 24.3 Å². The highest BCUT2D eigenvalue weighted by Gasteiger charge is 2.25. The van der Waals surface area contributed by atoms with Gasteiger partial charge in [-0.2, -0.15) is 0 Å². The Hall–Kier alpha value is -1.85. The third-order valence-corrected chi connectivity index (χ3v) is 5.19. The molecular formula is C19H25N3O2. The molecule has 0 saturated carbocycles. The minimum absolute atomic E-state index is 0.0481. The Bertz CT molecular complexity index is 752. The van der Waals surface area contributed by atoms with Crippen molar-refractivity contribution in [1.29, 1.82) is 0 Å². The lowest BCUT2D eigenvalue weighted by Gasteiger charge is -2.34. The van der Waals surface area contributed by atoms with Crippen LogP contribution in [0, 0.1) is 5.92 Å². The largest absolute Gasteiger partial charge is 0.489 e. The number of hydrogen-bond donors (Lipinski definition) is 2. The predicted molar refractivity (Wildman–Crippen MR) is 95.6 cm³/mol. The molecule has 2 atom stereocenters. The molecule has 0 bridgehead atoms. The molecule has 1 aromatic heterocycles. The van der Waals surface area contributed by atoms with E-state index in [1.165, 1.54) is 25.9 Å². The fourth-order valence-corrected chi connectivity index (χ4v) is 3.95. The van der Waals surface area contributed by atoms with Gasteiger partial charge >= 0.3 is 0 Å². The molecule has 2 aliphatic heterocycles. The van der Waals surface area contributed by atoms with E-state index in [9.17, 15) is 4.79 Å². The van der Waals surface area contributed by atoms with Gasteiger partial charge in [0.25, 0.3) is 5.56 Å². The van der Waals surface area contributed by atoms with Gasteiger partial charge < -0.3 is 15.0 Å². The monoisotopic (exact) mass is 327 g/mol. The number of nitrogens with zero attached hydrogens (tertiary/aromatic N) is 1. The molecule has 0 aliphatic carbocycles. The van der Waals surface area contributed by atoms with E-state index in [0.29, 0.717) is 5.39 Å². The van der Waals surface area contributed by atoms with Gasteiger partial charge in [0.1, 0.15) is 11.9 Å². The summed E-state index contributed by atoms with van der Waals surface area (Å²) >= 11 is 0. The topological polar surface area (TPSA) is 57.4 Å². The van der Waals surface area contributed by atoms with Gasteiger partial charge in [-0.3, -0.25) is 9.69 Å². The van der Waals surface area contributed by atoms with Crippen LogP contribution in [0.5, 0.6) is 5.75 Å². The average Bonchev–Trinajstić information content (AvgIpc) is 3.08. The highest BCUT2D eigenvalue weighted by atomic mass is 16.5. The zero-order chi connectivity index (χ0) is 16.4. The molecule has 2 saturated heterocycles. The Morgan fingerprint density at radius 3 is 3.08 bits per heavy atom. The van der Waals surface area contributed by atoms with Gasteiger partial charge in [0, 0.05) is 24.7 Å². The van der Waals surface area contributed by atoms with Crippen molar-refractivity contribution in [2.24, 2.45) is 5.92 Å². The van der Waals surface area contributed by atoms with Crippen molar-refractivity contribution in [3.05, 3.63) is 40.8 Å². The molecule has 24 heavy (non-hydrogen) atoms. The van der Waals surface area contributed by atoms with Crippen molar-refractivity contribution >= 4 is 10.8 Å². The van der Waals surface area contributed by atoms with Crippen molar-refractivity contribution in [2.75, 3.05) is 32.7 Å². The van der Waals surface area contributed by atoms with E-state index in [1.54, 1.807) is 6.20 Å². The summed E-state index contributed by atoms with van der Waals surface area (Å²) < 4.78 is 6.23. The van der Waals surface area contributed by atoms with Crippen molar-refractivity contribution < 1.29 is 4.74 Å². The number of fused-ring (bicyclic) bond motifs is 1. The smallest absolute Gasteiger partial charge is 0.255 e. The second kappa shape index (κ2) is 6.95. The molecule has 2 aliphatic rings. The number of aromatic amines is 1. The molecule has 0 radical (unpaired) electrons. The summed E-state index contributed by atoms with van der Waals surface area (Å²) in [5.41, 5.74) is -0.0481. The molecule has 2 aromatic rings. The summed E-state index contributed by atoms with van der Waals surface area (Å²) in [7, 11) is 0. The minimum Gasteiger partial charge on any atom is -0.489 e. The van der Waals surface area contributed by atoms with Crippen LogP contribution in [-0.4, -0.2) is 48.7 Å². The third kappa shape index (κ3) is 3.47. The number of aromatic nitrogens is 1. The first kappa shape index (κ1) is 15.7. The molecule has 128 valence electrons. The molecule has 1 aromatic carbocycles. The quantitative estimate of drug-likeness (QED) is 0.902. The number of rotatable bonds is 4. The Kier molecular flexibility index (Phi) is 4.54. The molecule has 4 rings (SSSR count). The predicted octanol–water partition coefficient (Wildman–Crippen LogP) is 1.98. The summed E-state index contributed by atoms with van der Waals surface area (Å²) in [6, 6.07) is 7.67. The number of H-pyrrole nitrogens is 1. The maximum Gasteiger partial charge on any atom is 0.255 e. The second-order valence-electron chi connectivity index (χ2n) is 7.06. The van der Waals surface area contributed by atoms with E-state index >= 15 is 0 Å². The maximum absolute atomic E-state index is 11.8. The van der Waals surface area contributed by atoms with E-state index in [-0.39, 0.29) is 11.7 Å². The minimum atomic E-state index is -0.0481. The molecule has 2 fully saturated rings. The van der Waals surface area contributed by atoms with Gasteiger partial charge in [-0.25, -0.2) is 0 Å². The maximum atomic E-state index is 11.8. The molecule has 0 spiro atoms. The van der Waals surface area contributed by atoms with Crippen LogP contribution in [0.25, 0.3) is 10.8 Å². The summed E-state index contributed by atoms with van der Waals surface area (Å²) in [6.45, 7) is 5.68. The van der Waals surface area contributed by atoms with Gasteiger partial charge in [-0.05, 0) is 74.5 Å². The van der Waals surface area contributed by atoms with Crippen LogP contribution in [-0.2, 0) is 0 Å². The Morgan fingerprint density at radius 2 is 2.21 bits per heavy atom. The van der Waals surface area contributed by atoms with Gasteiger partial charge in [0.05, 0.1) is 0 Å². The molecule has 3 heterocycles. The number of likely N-dealkylation sites (tertiary alicyclic amines) is 1. The van der Waals surface area contributed by atoms with Crippen LogP contribution in [0.15, 0.2) is 35.3 Å². The van der Waals surface area contributed by atoms with Crippen LogP contribution in [0.4, 0.5) is 0 Å². The molecule has 2 unspecified atom stereocenters. The first-order chi connectivity index (χ1) is 11.8. The van der Waals surface area contributed by atoms with Gasteiger partial charge in [-0.15, -0.1) is 0 Å². The van der Waals surface area contributed by atoms with Gasteiger partial charge in [-0.1, -0.05) is 0 Å². The molecule has 2 N–H and O–H groups in total. The lowest BCUT2D eigenvalue weighted by Crippen LogP contribution is -2.43. The first-order valence-corrected chi connectivity index (χ1v) is 8.99. The standard InChI is InChI=1S/C19H25N3O2/c23-19-18-4-3-16(10-15(18)6-8-21-19)24-17-2-1-9-22(13-17)12-14-5-7-20-11-14/h3-4,6,8,10,14,17,20H,1-2,5,7,9,11-13H2,(H,21,23).